The van der Waals surface area contributed by atoms with E-state index in [2.05, 4.69) is 25.2 Å². The summed E-state index contributed by atoms with van der Waals surface area (Å²) in [7, 11) is 1.63. The zero-order valence-electron chi connectivity index (χ0n) is 23.6. The van der Waals surface area contributed by atoms with Crippen molar-refractivity contribution in [2.24, 2.45) is 0 Å². The number of thiazole rings is 1. The van der Waals surface area contributed by atoms with Crippen LogP contribution in [0.1, 0.15) is 52.0 Å². The summed E-state index contributed by atoms with van der Waals surface area (Å²) < 4.78 is 17.1. The second kappa shape index (κ2) is 12.3. The van der Waals surface area contributed by atoms with Gasteiger partial charge < -0.3 is 24.4 Å². The van der Waals surface area contributed by atoms with Crippen molar-refractivity contribution < 1.29 is 19.0 Å². The number of piperazine rings is 1. The minimum Gasteiger partial charge on any atom is -0.491 e. The van der Waals surface area contributed by atoms with Crippen LogP contribution in [0.25, 0.3) is 10.6 Å². The largest absolute Gasteiger partial charge is 0.491 e. The van der Waals surface area contributed by atoms with E-state index in [1.54, 1.807) is 18.2 Å². The molecule has 12 heteroatoms. The van der Waals surface area contributed by atoms with Gasteiger partial charge in [0.2, 0.25) is 5.95 Å². The molecule has 1 saturated carbocycles. The van der Waals surface area contributed by atoms with Crippen molar-refractivity contribution in [3.05, 3.63) is 36.3 Å². The predicted molar refractivity (Wildman–Crippen MR) is 153 cm³/mol. The zero-order valence-corrected chi connectivity index (χ0v) is 24.4. The lowest BCUT2D eigenvalue weighted by atomic mass is 10.2. The lowest BCUT2D eigenvalue weighted by Gasteiger charge is -2.35. The molecule has 4 heterocycles. The van der Waals surface area contributed by atoms with Gasteiger partial charge in [0.15, 0.2) is 10.9 Å². The second-order valence-electron chi connectivity index (χ2n) is 11.0. The maximum absolute atomic E-state index is 12.3. The SMILES string of the molecule is COc1ccc(-c2cnc(Nc3ncc(CN4CCN(C(=O)OC(C)(C)C)CC4)cn3)s2)nc1OC1CCCC1. The quantitative estimate of drug-likeness (QED) is 0.393. The number of carbonyl (C=O) groups is 1. The highest BCUT2D eigenvalue weighted by Crippen LogP contribution is 2.35. The van der Waals surface area contributed by atoms with Gasteiger partial charge in [0.05, 0.1) is 17.7 Å². The van der Waals surface area contributed by atoms with Crippen molar-refractivity contribution in [3.63, 3.8) is 0 Å². The molecule has 0 bridgehead atoms. The number of amides is 1. The summed E-state index contributed by atoms with van der Waals surface area (Å²) in [5.74, 6) is 1.64. The van der Waals surface area contributed by atoms with Crippen LogP contribution >= 0.6 is 11.3 Å². The molecular formula is C28H37N7O4S. The first-order valence-electron chi connectivity index (χ1n) is 13.7. The molecule has 0 radical (unpaired) electrons. The molecule has 40 heavy (non-hydrogen) atoms. The molecule has 3 aromatic heterocycles. The molecule has 1 aliphatic heterocycles. The molecule has 1 N–H and O–H groups in total. The number of methoxy groups -OCH3 is 1. The number of nitrogens with zero attached hydrogens (tertiary/aromatic N) is 6. The van der Waals surface area contributed by atoms with Crippen LogP contribution in [0, 0.1) is 0 Å². The number of aromatic nitrogens is 4. The van der Waals surface area contributed by atoms with E-state index in [0.717, 1.165) is 48.6 Å². The molecular weight excluding hydrogens is 530 g/mol. The fraction of sp³-hybridized carbons (Fsp3) is 0.536. The summed E-state index contributed by atoms with van der Waals surface area (Å²) in [6.07, 6.45) is 9.84. The van der Waals surface area contributed by atoms with Gasteiger partial charge >= 0.3 is 6.09 Å². The van der Waals surface area contributed by atoms with Gasteiger partial charge in [-0.2, -0.15) is 0 Å². The first kappa shape index (κ1) is 28.0. The third kappa shape index (κ3) is 7.36. The van der Waals surface area contributed by atoms with Crippen LogP contribution in [0.15, 0.2) is 30.7 Å². The van der Waals surface area contributed by atoms with Gasteiger partial charge in [0.1, 0.15) is 11.7 Å². The van der Waals surface area contributed by atoms with Gasteiger partial charge in [-0.15, -0.1) is 0 Å². The Hall–Kier alpha value is -3.51. The van der Waals surface area contributed by atoms with Crippen molar-refractivity contribution in [3.8, 4) is 22.2 Å². The van der Waals surface area contributed by atoms with Crippen LogP contribution in [0.2, 0.25) is 0 Å². The summed E-state index contributed by atoms with van der Waals surface area (Å²) in [6.45, 7) is 9.19. The molecule has 214 valence electrons. The number of anilines is 2. The molecule has 5 rings (SSSR count). The van der Waals surface area contributed by atoms with Crippen LogP contribution in [-0.2, 0) is 11.3 Å². The highest BCUT2D eigenvalue weighted by molar-refractivity contribution is 7.18. The van der Waals surface area contributed by atoms with Crippen molar-refractivity contribution in [1.29, 1.82) is 0 Å². The highest BCUT2D eigenvalue weighted by Gasteiger charge is 2.26. The maximum atomic E-state index is 12.3. The van der Waals surface area contributed by atoms with Crippen molar-refractivity contribution in [2.75, 3.05) is 38.6 Å². The fourth-order valence-electron chi connectivity index (χ4n) is 4.69. The second-order valence-corrected chi connectivity index (χ2v) is 12.1. The topological polar surface area (TPSA) is 115 Å². The Balaban J connectivity index is 1.14. The van der Waals surface area contributed by atoms with E-state index in [1.807, 2.05) is 45.3 Å². The number of pyridine rings is 1. The van der Waals surface area contributed by atoms with E-state index in [4.69, 9.17) is 19.2 Å². The summed E-state index contributed by atoms with van der Waals surface area (Å²) in [5, 5.41) is 3.87. The van der Waals surface area contributed by atoms with Crippen LogP contribution in [0.3, 0.4) is 0 Å². The van der Waals surface area contributed by atoms with E-state index < -0.39 is 5.60 Å². The van der Waals surface area contributed by atoms with Crippen LogP contribution in [-0.4, -0.2) is 80.8 Å². The third-order valence-corrected chi connectivity index (χ3v) is 7.67. The smallest absolute Gasteiger partial charge is 0.410 e. The lowest BCUT2D eigenvalue weighted by Crippen LogP contribution is -2.49. The molecule has 2 fully saturated rings. The first-order valence-corrected chi connectivity index (χ1v) is 14.5. The molecule has 1 saturated heterocycles. The van der Waals surface area contributed by atoms with E-state index in [0.29, 0.717) is 35.8 Å². The Morgan fingerprint density at radius 3 is 2.45 bits per heavy atom. The first-order chi connectivity index (χ1) is 19.3. The Labute approximate surface area is 238 Å². The minimum atomic E-state index is -0.485. The molecule has 0 aromatic carbocycles. The monoisotopic (exact) mass is 567 g/mol. The standard InChI is InChI=1S/C28H37N7O4S/c1-28(2,3)39-27(36)35-13-11-34(12-14-35)18-19-15-29-25(30-16-19)33-26-31-17-23(40-26)21-9-10-22(37-4)24(32-21)38-20-7-5-6-8-20/h9-10,15-17,20H,5-8,11-14,18H2,1-4H3,(H,29,30,31,33). The van der Waals surface area contributed by atoms with Gasteiger partial charge in [-0.3, -0.25) is 4.90 Å². The third-order valence-electron chi connectivity index (χ3n) is 6.74. The van der Waals surface area contributed by atoms with Gasteiger partial charge in [-0.05, 0) is 58.6 Å². The van der Waals surface area contributed by atoms with Gasteiger partial charge in [-0.25, -0.2) is 24.7 Å². The number of hydrogen-bond acceptors (Lipinski definition) is 11. The van der Waals surface area contributed by atoms with Gasteiger partial charge in [-0.1, -0.05) is 11.3 Å². The van der Waals surface area contributed by atoms with E-state index in [1.165, 1.54) is 24.2 Å². The maximum Gasteiger partial charge on any atom is 0.410 e. The molecule has 1 amide bonds. The molecule has 0 spiro atoms. The number of rotatable bonds is 8. The molecule has 3 aromatic rings. The molecule has 11 nitrogen and oxygen atoms in total. The Bertz CT molecular complexity index is 1280. The number of carbonyl (C=O) groups excluding carboxylic acids is 1. The van der Waals surface area contributed by atoms with E-state index >= 15 is 0 Å². The minimum absolute atomic E-state index is 0.192. The molecule has 1 aliphatic carbocycles. The lowest BCUT2D eigenvalue weighted by molar-refractivity contribution is 0.0139. The van der Waals surface area contributed by atoms with Crippen molar-refractivity contribution in [2.45, 2.75) is 64.7 Å². The average molecular weight is 568 g/mol. The Morgan fingerprint density at radius 1 is 1.05 bits per heavy atom. The van der Waals surface area contributed by atoms with Gasteiger partial charge in [0.25, 0.3) is 5.88 Å². The van der Waals surface area contributed by atoms with E-state index in [9.17, 15) is 4.79 Å². The predicted octanol–water partition coefficient (Wildman–Crippen LogP) is 5.12. The number of ether oxygens (including phenoxy) is 3. The van der Waals surface area contributed by atoms with Crippen LogP contribution in [0.5, 0.6) is 11.6 Å². The van der Waals surface area contributed by atoms with Crippen molar-refractivity contribution in [1.82, 2.24) is 29.7 Å². The normalized spacial score (nSPS) is 16.6. The summed E-state index contributed by atoms with van der Waals surface area (Å²) in [6, 6.07) is 3.80. The Morgan fingerprint density at radius 2 is 1.77 bits per heavy atom. The highest BCUT2D eigenvalue weighted by atomic mass is 32.1. The van der Waals surface area contributed by atoms with Crippen molar-refractivity contribution >= 4 is 28.5 Å². The average Bonchev–Trinajstić information content (AvgIpc) is 3.62. The summed E-state index contributed by atoms with van der Waals surface area (Å²) in [4.78, 5) is 35.4. The molecule has 0 atom stereocenters. The van der Waals surface area contributed by atoms with Gasteiger partial charge in [0, 0.05) is 56.9 Å². The van der Waals surface area contributed by atoms with Crippen LogP contribution < -0.4 is 14.8 Å². The number of hydrogen-bond donors (Lipinski definition) is 1. The molecule has 2 aliphatic rings. The molecule has 0 unspecified atom stereocenters. The Kier molecular flexibility index (Phi) is 8.65. The van der Waals surface area contributed by atoms with E-state index in [-0.39, 0.29) is 12.2 Å². The fourth-order valence-corrected chi connectivity index (χ4v) is 5.47. The summed E-state index contributed by atoms with van der Waals surface area (Å²) in [5.41, 5.74) is 1.30. The summed E-state index contributed by atoms with van der Waals surface area (Å²) >= 11 is 1.47. The number of nitrogens with one attached hydrogen (secondary N) is 1. The van der Waals surface area contributed by atoms with Crippen LogP contribution in [0.4, 0.5) is 15.9 Å². The zero-order chi connectivity index (χ0) is 28.1.